The van der Waals surface area contributed by atoms with E-state index in [-0.39, 0.29) is 5.56 Å². The number of nitrogens with zero attached hydrogens (tertiary/aromatic N) is 1. The zero-order valence-corrected chi connectivity index (χ0v) is 17.4. The van der Waals surface area contributed by atoms with Crippen LogP contribution in [0.4, 0.5) is 13.2 Å². The molecular weight excluding hydrogens is 417 g/mol. The highest BCUT2D eigenvalue weighted by atomic mass is 32.2. The molecule has 0 bridgehead atoms. The fraction of sp³-hybridized carbons (Fsp3) is 0.765. The van der Waals surface area contributed by atoms with Crippen LogP contribution in [0.3, 0.4) is 0 Å². The molecule has 1 aliphatic heterocycles. The van der Waals surface area contributed by atoms with Crippen LogP contribution in [0.25, 0.3) is 0 Å². The van der Waals surface area contributed by atoms with E-state index in [2.05, 4.69) is 4.18 Å². The molecule has 1 saturated heterocycles. The molecule has 166 valence electrons. The molecule has 1 aromatic heterocycles. The number of halogens is 3. The van der Waals surface area contributed by atoms with Gasteiger partial charge in [-0.3, -0.25) is 18.5 Å². The Morgan fingerprint density at radius 1 is 1.31 bits per heavy atom. The zero-order valence-electron chi connectivity index (χ0n) is 16.6. The van der Waals surface area contributed by atoms with Crippen LogP contribution in [-0.4, -0.2) is 35.2 Å². The van der Waals surface area contributed by atoms with E-state index in [0.717, 1.165) is 17.2 Å². The van der Waals surface area contributed by atoms with E-state index in [9.17, 15) is 31.2 Å². The van der Waals surface area contributed by atoms with Gasteiger partial charge in [-0.2, -0.15) is 21.6 Å². The summed E-state index contributed by atoms with van der Waals surface area (Å²) >= 11 is 0. The molecule has 0 saturated carbocycles. The molecule has 4 atom stereocenters. The van der Waals surface area contributed by atoms with Gasteiger partial charge in [0, 0.05) is 17.7 Å². The van der Waals surface area contributed by atoms with Gasteiger partial charge in [0.2, 0.25) is 0 Å². The lowest BCUT2D eigenvalue weighted by atomic mass is 9.81. The highest BCUT2D eigenvalue weighted by molar-refractivity contribution is 7.87. The molecule has 1 N–H and O–H groups in total. The van der Waals surface area contributed by atoms with Crippen LogP contribution in [0.1, 0.15) is 58.2 Å². The lowest BCUT2D eigenvalue weighted by molar-refractivity contribution is -0.102. The summed E-state index contributed by atoms with van der Waals surface area (Å²) in [7, 11) is -5.93. The predicted molar refractivity (Wildman–Crippen MR) is 97.7 cm³/mol. The van der Waals surface area contributed by atoms with Crippen molar-refractivity contribution in [1.29, 1.82) is 0 Å². The van der Waals surface area contributed by atoms with Gasteiger partial charge in [0.1, 0.15) is 6.10 Å². The van der Waals surface area contributed by atoms with Crippen LogP contribution >= 0.6 is 0 Å². The summed E-state index contributed by atoms with van der Waals surface area (Å²) in [4.78, 5) is 26.0. The fourth-order valence-electron chi connectivity index (χ4n) is 3.63. The van der Waals surface area contributed by atoms with Gasteiger partial charge in [0.25, 0.3) is 5.56 Å². The van der Waals surface area contributed by atoms with Gasteiger partial charge in [-0.25, -0.2) is 4.79 Å². The lowest BCUT2D eigenvalue weighted by Gasteiger charge is -2.32. The van der Waals surface area contributed by atoms with Crippen molar-refractivity contribution in [2.75, 3.05) is 0 Å². The van der Waals surface area contributed by atoms with E-state index in [0.29, 0.717) is 19.3 Å². The van der Waals surface area contributed by atoms with E-state index < -0.39 is 50.7 Å². The smallest absolute Gasteiger partial charge is 0.348 e. The van der Waals surface area contributed by atoms with Crippen LogP contribution in [0.2, 0.25) is 0 Å². The largest absolute Gasteiger partial charge is 0.523 e. The van der Waals surface area contributed by atoms with Gasteiger partial charge in [0.15, 0.2) is 6.23 Å². The summed E-state index contributed by atoms with van der Waals surface area (Å²) in [6.45, 7) is 6.64. The average molecular weight is 442 g/mol. The topological polar surface area (TPSA) is 107 Å². The predicted octanol–water partition coefficient (Wildman–Crippen LogP) is 2.58. The summed E-state index contributed by atoms with van der Waals surface area (Å²) in [6.07, 6.45) is 0.341. The molecule has 0 amide bonds. The van der Waals surface area contributed by atoms with Crippen LogP contribution in [-0.2, 0) is 19.0 Å². The number of aromatic amines is 1. The molecule has 1 aromatic rings. The van der Waals surface area contributed by atoms with Crippen molar-refractivity contribution in [3.63, 3.8) is 0 Å². The van der Waals surface area contributed by atoms with Crippen LogP contribution in [0.5, 0.6) is 0 Å². The summed E-state index contributed by atoms with van der Waals surface area (Å²) in [6, 6.07) is 0. The van der Waals surface area contributed by atoms with Gasteiger partial charge in [-0.1, -0.05) is 33.6 Å². The second-order valence-corrected chi connectivity index (χ2v) is 8.82. The summed E-state index contributed by atoms with van der Waals surface area (Å²) in [5.41, 5.74) is -8.09. The summed E-state index contributed by atoms with van der Waals surface area (Å²) < 4.78 is 73.7. The molecule has 2 heterocycles. The first-order valence-corrected chi connectivity index (χ1v) is 10.7. The van der Waals surface area contributed by atoms with Crippen molar-refractivity contribution in [2.45, 2.75) is 76.8 Å². The minimum atomic E-state index is -5.93. The highest BCUT2D eigenvalue weighted by Crippen LogP contribution is 2.48. The van der Waals surface area contributed by atoms with E-state index in [1.54, 1.807) is 13.8 Å². The monoisotopic (exact) mass is 442 g/mol. The lowest BCUT2D eigenvalue weighted by Crippen LogP contribution is -2.41. The van der Waals surface area contributed by atoms with Gasteiger partial charge in [-0.05, 0) is 19.8 Å². The van der Waals surface area contributed by atoms with Gasteiger partial charge in [0.05, 0.1) is 5.60 Å². The molecule has 2 rings (SSSR count). The van der Waals surface area contributed by atoms with Crippen LogP contribution in [0.15, 0.2) is 15.8 Å². The minimum absolute atomic E-state index is 0.112. The second kappa shape index (κ2) is 8.23. The Morgan fingerprint density at radius 2 is 1.93 bits per heavy atom. The van der Waals surface area contributed by atoms with Crippen molar-refractivity contribution in [1.82, 2.24) is 9.55 Å². The van der Waals surface area contributed by atoms with E-state index in [1.807, 2.05) is 11.9 Å². The van der Waals surface area contributed by atoms with Crippen LogP contribution < -0.4 is 11.2 Å². The fourth-order valence-corrected chi connectivity index (χ4v) is 4.29. The van der Waals surface area contributed by atoms with E-state index in [4.69, 9.17) is 4.74 Å². The first kappa shape index (κ1) is 23.6. The first-order valence-electron chi connectivity index (χ1n) is 9.29. The number of alkyl halides is 3. The molecule has 1 aliphatic rings. The average Bonchev–Trinajstić information content (AvgIpc) is 2.88. The number of ether oxygens (including phenoxy) is 1. The molecule has 0 spiro atoms. The maximum absolute atomic E-state index is 12.9. The van der Waals surface area contributed by atoms with Crippen molar-refractivity contribution in [3.05, 3.63) is 32.6 Å². The molecule has 0 unspecified atom stereocenters. The van der Waals surface area contributed by atoms with Gasteiger partial charge in [-0.15, -0.1) is 0 Å². The van der Waals surface area contributed by atoms with Crippen molar-refractivity contribution >= 4 is 10.1 Å². The third kappa shape index (κ3) is 4.43. The highest BCUT2D eigenvalue weighted by Gasteiger charge is 2.58. The maximum atomic E-state index is 12.9. The number of H-pyrrole nitrogens is 1. The SMILES string of the molecule is CCCC[C@]1(CC)O[C@@H](n2cc(C)c(=O)[nH]c2=O)[C@@H](OS(=O)(=O)C(F)(F)F)[C@@H]1C. The Kier molecular flexibility index (Phi) is 6.70. The second-order valence-electron chi connectivity index (χ2n) is 7.26. The molecular formula is C17H25F3N2O6S. The number of rotatable bonds is 7. The Hall–Kier alpha value is -1.66. The Morgan fingerprint density at radius 3 is 2.45 bits per heavy atom. The van der Waals surface area contributed by atoms with Crippen LogP contribution in [0, 0.1) is 12.8 Å². The van der Waals surface area contributed by atoms with E-state index in [1.165, 1.54) is 6.92 Å². The summed E-state index contributed by atoms with van der Waals surface area (Å²) in [5.74, 6) is -0.777. The van der Waals surface area contributed by atoms with Crippen molar-refractivity contribution in [3.8, 4) is 0 Å². The van der Waals surface area contributed by atoms with Gasteiger partial charge < -0.3 is 4.74 Å². The first-order chi connectivity index (χ1) is 13.3. The number of hydrogen-bond donors (Lipinski definition) is 1. The van der Waals surface area contributed by atoms with Gasteiger partial charge >= 0.3 is 21.3 Å². The molecule has 8 nitrogen and oxygen atoms in total. The maximum Gasteiger partial charge on any atom is 0.523 e. The standard InChI is InChI=1S/C17H25F3N2O6S/c1-5-7-8-16(6-2)11(4)12(28-29(25,26)17(18,19)20)14(27-16)22-9-10(3)13(23)21-15(22)24/h9,11-12,14H,5-8H2,1-4H3,(H,21,23,24)/t11-,12-,14+,16-/m0/s1. The third-order valence-electron chi connectivity index (χ3n) is 5.45. The zero-order chi connectivity index (χ0) is 22.2. The summed E-state index contributed by atoms with van der Waals surface area (Å²) in [5, 5.41) is 0. The number of aromatic nitrogens is 2. The van der Waals surface area contributed by atoms with Crippen molar-refractivity contribution in [2.24, 2.45) is 5.92 Å². The molecule has 0 radical (unpaired) electrons. The van der Waals surface area contributed by atoms with Crippen molar-refractivity contribution < 1.29 is 30.5 Å². The number of nitrogens with one attached hydrogen (secondary N) is 1. The third-order valence-corrected chi connectivity index (χ3v) is 6.49. The normalized spacial score (nSPS) is 28.0. The minimum Gasteiger partial charge on any atom is -0.348 e. The Labute approximate surface area is 166 Å². The Balaban J connectivity index is 2.60. The number of unbranched alkanes of at least 4 members (excludes halogenated alkanes) is 1. The molecule has 1 fully saturated rings. The molecule has 0 aliphatic carbocycles. The molecule has 29 heavy (non-hydrogen) atoms. The molecule has 0 aromatic carbocycles. The number of hydrogen-bond acceptors (Lipinski definition) is 6. The number of aryl methyl sites for hydroxylation is 1. The molecule has 12 heteroatoms. The Bertz CT molecular complexity index is 955. The van der Waals surface area contributed by atoms with E-state index >= 15 is 0 Å². The quantitative estimate of drug-likeness (QED) is 0.514.